The van der Waals surface area contributed by atoms with E-state index in [1.54, 1.807) is 24.3 Å². The van der Waals surface area contributed by atoms with Crippen molar-refractivity contribution in [1.82, 2.24) is 4.72 Å². The Labute approximate surface area is 114 Å². The van der Waals surface area contributed by atoms with Crippen molar-refractivity contribution < 1.29 is 18.3 Å². The van der Waals surface area contributed by atoms with Crippen LogP contribution in [-0.2, 0) is 20.6 Å². The molecule has 1 aromatic carbocycles. The van der Waals surface area contributed by atoms with Gasteiger partial charge in [0.2, 0.25) is 10.0 Å². The Kier molecular flexibility index (Phi) is 5.77. The van der Waals surface area contributed by atoms with Gasteiger partial charge < -0.3 is 5.11 Å². The smallest absolute Gasteiger partial charge is 0.303 e. The monoisotopic (exact) mass is 335 g/mol. The Morgan fingerprint density at radius 3 is 2.44 bits per heavy atom. The second kappa shape index (κ2) is 6.86. The van der Waals surface area contributed by atoms with E-state index in [2.05, 4.69) is 20.7 Å². The third kappa shape index (κ3) is 6.13. The topological polar surface area (TPSA) is 83.5 Å². The molecule has 0 aliphatic carbocycles. The first kappa shape index (κ1) is 15.1. The van der Waals surface area contributed by atoms with E-state index < -0.39 is 16.0 Å². The SMILES string of the molecule is O=C(O)CCCNS(=O)(=O)Cc1ccc(Br)cc1. The van der Waals surface area contributed by atoms with Gasteiger partial charge in [0, 0.05) is 17.4 Å². The molecule has 5 nitrogen and oxygen atoms in total. The van der Waals surface area contributed by atoms with Crippen molar-refractivity contribution in [1.29, 1.82) is 0 Å². The fourth-order valence-corrected chi connectivity index (χ4v) is 2.77. The van der Waals surface area contributed by atoms with Crippen LogP contribution in [0.5, 0.6) is 0 Å². The zero-order chi connectivity index (χ0) is 13.6. The minimum absolute atomic E-state index is 0.0409. The molecule has 100 valence electrons. The van der Waals surface area contributed by atoms with E-state index in [1.807, 2.05) is 0 Å². The van der Waals surface area contributed by atoms with Crippen molar-refractivity contribution in [3.63, 3.8) is 0 Å². The number of hydrogen-bond donors (Lipinski definition) is 2. The molecule has 0 amide bonds. The predicted molar refractivity (Wildman–Crippen MR) is 71.6 cm³/mol. The lowest BCUT2D eigenvalue weighted by Gasteiger charge is -2.06. The number of nitrogens with one attached hydrogen (secondary N) is 1. The second-order valence-electron chi connectivity index (χ2n) is 3.78. The molecule has 0 fully saturated rings. The number of rotatable bonds is 7. The van der Waals surface area contributed by atoms with Gasteiger partial charge in [-0.25, -0.2) is 13.1 Å². The minimum atomic E-state index is -3.40. The lowest BCUT2D eigenvalue weighted by atomic mass is 10.2. The van der Waals surface area contributed by atoms with Gasteiger partial charge in [-0.15, -0.1) is 0 Å². The van der Waals surface area contributed by atoms with E-state index in [9.17, 15) is 13.2 Å². The summed E-state index contributed by atoms with van der Waals surface area (Å²) in [6.45, 7) is 0.144. The lowest BCUT2D eigenvalue weighted by molar-refractivity contribution is -0.137. The summed E-state index contributed by atoms with van der Waals surface area (Å²) in [5, 5.41) is 8.42. The summed E-state index contributed by atoms with van der Waals surface area (Å²) in [4.78, 5) is 10.3. The average molecular weight is 336 g/mol. The van der Waals surface area contributed by atoms with Crippen LogP contribution >= 0.6 is 15.9 Å². The summed E-state index contributed by atoms with van der Waals surface area (Å²) in [6, 6.07) is 6.99. The Morgan fingerprint density at radius 1 is 1.28 bits per heavy atom. The maximum Gasteiger partial charge on any atom is 0.303 e. The number of aliphatic carboxylic acids is 1. The van der Waals surface area contributed by atoms with Crippen LogP contribution in [0.3, 0.4) is 0 Å². The first-order valence-corrected chi connectivity index (χ1v) is 7.77. The van der Waals surface area contributed by atoms with Gasteiger partial charge in [0.05, 0.1) is 5.75 Å². The molecule has 0 aliphatic rings. The van der Waals surface area contributed by atoms with Crippen LogP contribution in [-0.4, -0.2) is 26.0 Å². The molecular formula is C11H14BrNO4S. The third-order valence-corrected chi connectivity index (χ3v) is 4.05. The Bertz CT molecular complexity index is 498. The number of hydrogen-bond acceptors (Lipinski definition) is 3. The van der Waals surface area contributed by atoms with Gasteiger partial charge >= 0.3 is 5.97 Å². The molecule has 0 radical (unpaired) electrons. The van der Waals surface area contributed by atoms with Gasteiger partial charge in [0.1, 0.15) is 0 Å². The van der Waals surface area contributed by atoms with Crippen LogP contribution < -0.4 is 4.72 Å². The van der Waals surface area contributed by atoms with Gasteiger partial charge in [0.15, 0.2) is 0 Å². The number of sulfonamides is 1. The number of benzene rings is 1. The summed E-state index contributed by atoms with van der Waals surface area (Å²) in [5.74, 6) is -1.03. The Hall–Kier alpha value is -0.920. The Morgan fingerprint density at radius 2 is 1.89 bits per heavy atom. The highest BCUT2D eigenvalue weighted by atomic mass is 79.9. The molecule has 18 heavy (non-hydrogen) atoms. The van der Waals surface area contributed by atoms with E-state index in [0.717, 1.165) is 4.47 Å². The lowest BCUT2D eigenvalue weighted by Crippen LogP contribution is -2.26. The molecular weight excluding hydrogens is 322 g/mol. The maximum atomic E-state index is 11.7. The highest BCUT2D eigenvalue weighted by molar-refractivity contribution is 9.10. The van der Waals surface area contributed by atoms with E-state index in [-0.39, 0.29) is 25.1 Å². The van der Waals surface area contributed by atoms with Crippen LogP contribution in [0.4, 0.5) is 0 Å². The van der Waals surface area contributed by atoms with E-state index in [4.69, 9.17) is 5.11 Å². The highest BCUT2D eigenvalue weighted by Crippen LogP contribution is 2.12. The van der Waals surface area contributed by atoms with Gasteiger partial charge in [-0.1, -0.05) is 28.1 Å². The summed E-state index contributed by atoms with van der Waals surface area (Å²) >= 11 is 3.27. The molecule has 0 bridgehead atoms. The number of carboxylic acids is 1. The molecule has 0 aromatic heterocycles. The van der Waals surface area contributed by atoms with Crippen molar-refractivity contribution >= 4 is 31.9 Å². The quantitative estimate of drug-likeness (QED) is 0.743. The standard InChI is InChI=1S/C11H14BrNO4S/c12-10-5-3-9(4-6-10)8-18(16,17)13-7-1-2-11(14)15/h3-6,13H,1-2,7-8H2,(H,14,15). The van der Waals surface area contributed by atoms with Crippen molar-refractivity contribution in [2.24, 2.45) is 0 Å². The fraction of sp³-hybridized carbons (Fsp3) is 0.364. The molecule has 0 aliphatic heterocycles. The van der Waals surface area contributed by atoms with Crippen LogP contribution in [0.15, 0.2) is 28.7 Å². The third-order valence-electron chi connectivity index (χ3n) is 2.16. The first-order chi connectivity index (χ1) is 8.39. The largest absolute Gasteiger partial charge is 0.481 e. The molecule has 0 spiro atoms. The van der Waals surface area contributed by atoms with Crippen molar-refractivity contribution in [3.8, 4) is 0 Å². The van der Waals surface area contributed by atoms with Gasteiger partial charge in [-0.3, -0.25) is 4.79 Å². The molecule has 7 heteroatoms. The van der Waals surface area contributed by atoms with Gasteiger partial charge in [0.25, 0.3) is 0 Å². The van der Waals surface area contributed by atoms with Gasteiger partial charge in [-0.05, 0) is 24.1 Å². The molecule has 0 saturated heterocycles. The summed E-state index contributed by atoms with van der Waals surface area (Å²) in [6.07, 6.45) is 0.246. The summed E-state index contributed by atoms with van der Waals surface area (Å²) < 4.78 is 26.6. The summed E-state index contributed by atoms with van der Waals surface area (Å²) in [7, 11) is -3.40. The highest BCUT2D eigenvalue weighted by Gasteiger charge is 2.10. The van der Waals surface area contributed by atoms with Crippen molar-refractivity contribution in [2.45, 2.75) is 18.6 Å². The van der Waals surface area contributed by atoms with Gasteiger partial charge in [-0.2, -0.15) is 0 Å². The van der Waals surface area contributed by atoms with E-state index >= 15 is 0 Å². The molecule has 1 rings (SSSR count). The molecule has 1 aromatic rings. The summed E-state index contributed by atoms with van der Waals surface area (Å²) in [5.41, 5.74) is 0.684. The zero-order valence-corrected chi connectivity index (χ0v) is 12.0. The normalized spacial score (nSPS) is 11.4. The minimum Gasteiger partial charge on any atom is -0.481 e. The molecule has 0 atom stereocenters. The van der Waals surface area contributed by atoms with Crippen LogP contribution in [0, 0.1) is 0 Å². The number of carbonyl (C=O) groups is 1. The second-order valence-corrected chi connectivity index (χ2v) is 6.50. The predicted octanol–water partition coefficient (Wildman–Crippen LogP) is 1.73. The maximum absolute atomic E-state index is 11.7. The van der Waals surface area contributed by atoms with Crippen LogP contribution in [0.1, 0.15) is 18.4 Å². The van der Waals surface area contributed by atoms with Crippen LogP contribution in [0.2, 0.25) is 0 Å². The Balaban J connectivity index is 2.44. The van der Waals surface area contributed by atoms with Crippen molar-refractivity contribution in [2.75, 3.05) is 6.54 Å². The van der Waals surface area contributed by atoms with E-state index in [1.165, 1.54) is 0 Å². The zero-order valence-electron chi connectivity index (χ0n) is 9.60. The molecule has 2 N–H and O–H groups in total. The fourth-order valence-electron chi connectivity index (χ4n) is 1.32. The van der Waals surface area contributed by atoms with E-state index in [0.29, 0.717) is 5.56 Å². The molecule has 0 saturated carbocycles. The van der Waals surface area contributed by atoms with Crippen molar-refractivity contribution in [3.05, 3.63) is 34.3 Å². The number of halogens is 1. The average Bonchev–Trinajstić information content (AvgIpc) is 2.27. The molecule has 0 heterocycles. The first-order valence-electron chi connectivity index (χ1n) is 5.32. The molecule has 0 unspecified atom stereocenters. The van der Waals surface area contributed by atoms with Crippen LogP contribution in [0.25, 0.3) is 0 Å². The number of carboxylic acid groups (broad SMARTS) is 1.